The fourth-order valence-corrected chi connectivity index (χ4v) is 2.33. The quantitative estimate of drug-likeness (QED) is 0.366. The first kappa shape index (κ1) is 15.9. The average Bonchev–Trinajstić information content (AvgIpc) is 2.90. The second kappa shape index (κ2) is 6.25. The molecule has 7 heteroatoms. The summed E-state index contributed by atoms with van der Waals surface area (Å²) in [4.78, 5) is 26.4. The van der Waals surface area contributed by atoms with E-state index in [2.05, 4.69) is 4.99 Å². The third-order valence-electron chi connectivity index (χ3n) is 3.39. The van der Waals surface area contributed by atoms with Crippen molar-refractivity contribution < 1.29 is 14.5 Å². The molecule has 0 amide bonds. The number of hydrogen-bond donors (Lipinski definition) is 0. The van der Waals surface area contributed by atoms with Crippen molar-refractivity contribution in [3.8, 4) is 0 Å². The van der Waals surface area contributed by atoms with Crippen molar-refractivity contribution in [2.24, 2.45) is 4.99 Å². The van der Waals surface area contributed by atoms with Crippen molar-refractivity contribution in [1.29, 1.82) is 0 Å². The molecule has 0 radical (unpaired) electrons. The lowest BCUT2D eigenvalue weighted by Gasteiger charge is -2.02. The number of carbonyl (C=O) groups excluding carboxylic acids is 1. The molecule has 1 heterocycles. The highest BCUT2D eigenvalue weighted by molar-refractivity contribution is 6.34. The van der Waals surface area contributed by atoms with Crippen LogP contribution >= 0.6 is 11.6 Å². The first-order valence-corrected chi connectivity index (χ1v) is 7.35. The summed E-state index contributed by atoms with van der Waals surface area (Å²) in [6.45, 7) is 1.96. The van der Waals surface area contributed by atoms with Gasteiger partial charge in [-0.25, -0.2) is 9.79 Å². The van der Waals surface area contributed by atoms with Gasteiger partial charge in [0, 0.05) is 12.1 Å². The van der Waals surface area contributed by atoms with Gasteiger partial charge in [-0.05, 0) is 24.6 Å². The van der Waals surface area contributed by atoms with E-state index < -0.39 is 10.9 Å². The Hall–Kier alpha value is -2.99. The molecule has 0 aromatic heterocycles. The van der Waals surface area contributed by atoms with Gasteiger partial charge < -0.3 is 4.74 Å². The molecule has 3 rings (SSSR count). The van der Waals surface area contributed by atoms with Gasteiger partial charge in [0.1, 0.15) is 0 Å². The zero-order valence-corrected chi connectivity index (χ0v) is 13.3. The highest BCUT2D eigenvalue weighted by atomic mass is 35.5. The van der Waals surface area contributed by atoms with Crippen LogP contribution < -0.4 is 0 Å². The minimum atomic E-state index is -0.631. The SMILES string of the molecule is Cc1ccc(/C=C2\N=C(c3cc([N+](=O)[O-])ccc3Cl)OC2=O)cc1. The maximum atomic E-state index is 12.0. The van der Waals surface area contributed by atoms with E-state index in [4.69, 9.17) is 16.3 Å². The standard InChI is InChI=1S/C17H11ClN2O4/c1-10-2-4-11(5-3-10)8-15-17(21)24-16(19-15)13-9-12(20(22)23)6-7-14(13)18/h2-9H,1H3/b15-8-. The normalized spacial score (nSPS) is 15.3. The van der Waals surface area contributed by atoms with Gasteiger partial charge in [0.15, 0.2) is 5.70 Å². The Morgan fingerprint density at radius 2 is 1.92 bits per heavy atom. The molecule has 1 aliphatic heterocycles. The molecule has 2 aromatic carbocycles. The number of non-ortho nitro benzene ring substituents is 1. The first-order valence-electron chi connectivity index (χ1n) is 6.97. The highest BCUT2D eigenvalue weighted by Gasteiger charge is 2.27. The van der Waals surface area contributed by atoms with Gasteiger partial charge in [-0.1, -0.05) is 41.4 Å². The van der Waals surface area contributed by atoms with Gasteiger partial charge >= 0.3 is 5.97 Å². The van der Waals surface area contributed by atoms with Gasteiger partial charge in [-0.3, -0.25) is 10.1 Å². The molecule has 0 spiro atoms. The predicted molar refractivity (Wildman–Crippen MR) is 89.9 cm³/mol. The third kappa shape index (κ3) is 3.18. The number of nitro groups is 1. The van der Waals surface area contributed by atoms with Crippen LogP contribution in [0.4, 0.5) is 5.69 Å². The number of benzene rings is 2. The van der Waals surface area contributed by atoms with Crippen molar-refractivity contribution in [3.05, 3.63) is 80.0 Å². The molecule has 0 fully saturated rings. The molecule has 6 nitrogen and oxygen atoms in total. The Morgan fingerprint density at radius 1 is 1.21 bits per heavy atom. The Bertz CT molecular complexity index is 901. The average molecular weight is 343 g/mol. The minimum Gasteiger partial charge on any atom is -0.402 e. The summed E-state index contributed by atoms with van der Waals surface area (Å²) < 4.78 is 5.11. The lowest BCUT2D eigenvalue weighted by molar-refractivity contribution is -0.384. The number of hydrogen-bond acceptors (Lipinski definition) is 5. The highest BCUT2D eigenvalue weighted by Crippen LogP contribution is 2.27. The number of esters is 1. The number of halogens is 1. The van der Waals surface area contributed by atoms with Crippen molar-refractivity contribution in [2.45, 2.75) is 6.92 Å². The Kier molecular flexibility index (Phi) is 4.14. The van der Waals surface area contributed by atoms with Crippen LogP contribution in [0, 0.1) is 17.0 Å². The third-order valence-corrected chi connectivity index (χ3v) is 3.72. The van der Waals surface area contributed by atoms with E-state index in [0.717, 1.165) is 11.1 Å². The zero-order chi connectivity index (χ0) is 17.3. The fourth-order valence-electron chi connectivity index (χ4n) is 2.14. The van der Waals surface area contributed by atoms with Crippen LogP contribution in [-0.2, 0) is 9.53 Å². The van der Waals surface area contributed by atoms with Gasteiger partial charge in [-0.2, -0.15) is 0 Å². The summed E-state index contributed by atoms with van der Waals surface area (Å²) in [7, 11) is 0. The summed E-state index contributed by atoms with van der Waals surface area (Å²) in [6, 6.07) is 11.4. The number of ether oxygens (including phenoxy) is 1. The molecule has 0 saturated heterocycles. The second-order valence-electron chi connectivity index (χ2n) is 5.17. The van der Waals surface area contributed by atoms with E-state index in [1.807, 2.05) is 31.2 Å². The van der Waals surface area contributed by atoms with E-state index in [9.17, 15) is 14.9 Å². The van der Waals surface area contributed by atoms with Crippen LogP contribution in [0.5, 0.6) is 0 Å². The summed E-state index contributed by atoms with van der Waals surface area (Å²) in [5.74, 6) is -0.680. The summed E-state index contributed by atoms with van der Waals surface area (Å²) in [5, 5.41) is 11.1. The largest absolute Gasteiger partial charge is 0.402 e. The molecule has 120 valence electrons. The van der Waals surface area contributed by atoms with E-state index >= 15 is 0 Å². The van der Waals surface area contributed by atoms with E-state index in [-0.39, 0.29) is 27.9 Å². The monoisotopic (exact) mass is 342 g/mol. The lowest BCUT2D eigenvalue weighted by Crippen LogP contribution is -2.06. The molecule has 0 bridgehead atoms. The molecule has 0 saturated carbocycles. The Morgan fingerprint density at radius 3 is 2.58 bits per heavy atom. The Balaban J connectivity index is 1.99. The Labute approximate surface area is 142 Å². The maximum Gasteiger partial charge on any atom is 0.363 e. The molecule has 0 aliphatic carbocycles. The van der Waals surface area contributed by atoms with Crippen LogP contribution in [0.3, 0.4) is 0 Å². The molecule has 24 heavy (non-hydrogen) atoms. The summed E-state index contributed by atoms with van der Waals surface area (Å²) >= 11 is 6.04. The van der Waals surface area contributed by atoms with Gasteiger partial charge in [-0.15, -0.1) is 0 Å². The molecule has 0 atom stereocenters. The summed E-state index contributed by atoms with van der Waals surface area (Å²) in [5.41, 5.74) is 2.04. The molecular weight excluding hydrogens is 332 g/mol. The number of aryl methyl sites for hydroxylation is 1. The van der Waals surface area contributed by atoms with Crippen molar-refractivity contribution in [1.82, 2.24) is 0 Å². The second-order valence-corrected chi connectivity index (χ2v) is 5.58. The van der Waals surface area contributed by atoms with Gasteiger partial charge in [0.05, 0.1) is 15.5 Å². The first-order chi connectivity index (χ1) is 11.4. The molecule has 0 unspecified atom stereocenters. The molecule has 2 aromatic rings. The van der Waals surface area contributed by atoms with E-state index in [1.54, 1.807) is 6.08 Å². The number of rotatable bonds is 3. The van der Waals surface area contributed by atoms with Crippen LogP contribution in [0.15, 0.2) is 53.2 Å². The van der Waals surface area contributed by atoms with Gasteiger partial charge in [0.25, 0.3) is 5.69 Å². The van der Waals surface area contributed by atoms with Crippen molar-refractivity contribution in [3.63, 3.8) is 0 Å². The van der Waals surface area contributed by atoms with E-state index in [1.165, 1.54) is 18.2 Å². The number of carbonyl (C=O) groups is 1. The smallest absolute Gasteiger partial charge is 0.363 e. The zero-order valence-electron chi connectivity index (χ0n) is 12.5. The van der Waals surface area contributed by atoms with Crippen LogP contribution in [0.2, 0.25) is 5.02 Å². The number of nitro benzene ring substituents is 1. The van der Waals surface area contributed by atoms with Crippen LogP contribution in [0.25, 0.3) is 6.08 Å². The van der Waals surface area contributed by atoms with Crippen molar-refractivity contribution in [2.75, 3.05) is 0 Å². The lowest BCUT2D eigenvalue weighted by atomic mass is 10.1. The van der Waals surface area contributed by atoms with Crippen LogP contribution in [-0.4, -0.2) is 16.8 Å². The van der Waals surface area contributed by atoms with Gasteiger partial charge in [0.2, 0.25) is 5.90 Å². The van der Waals surface area contributed by atoms with Crippen LogP contribution in [0.1, 0.15) is 16.7 Å². The molecule has 1 aliphatic rings. The minimum absolute atomic E-state index is 0.0490. The fraction of sp³-hybridized carbons (Fsp3) is 0.0588. The summed E-state index contributed by atoms with van der Waals surface area (Å²) in [6.07, 6.45) is 1.58. The number of nitrogens with zero attached hydrogens (tertiary/aromatic N) is 2. The van der Waals surface area contributed by atoms with Crippen molar-refractivity contribution >= 4 is 35.2 Å². The molecule has 0 N–H and O–H groups in total. The number of cyclic esters (lactones) is 1. The van der Waals surface area contributed by atoms with E-state index in [0.29, 0.717) is 0 Å². The number of aliphatic imine (C=N–C) groups is 1. The molecular formula is C17H11ClN2O4. The topological polar surface area (TPSA) is 81.8 Å². The predicted octanol–water partition coefficient (Wildman–Crippen LogP) is 3.90. The maximum absolute atomic E-state index is 12.0.